The summed E-state index contributed by atoms with van der Waals surface area (Å²) in [5, 5.41) is 6.53. The zero-order valence-electron chi connectivity index (χ0n) is 31.1. The molecule has 18 heteroatoms. The molecule has 14 nitrogen and oxygen atoms in total. The highest BCUT2D eigenvalue weighted by molar-refractivity contribution is 7.18. The maximum absolute atomic E-state index is 13.5. The van der Waals surface area contributed by atoms with Gasteiger partial charge in [-0.15, -0.1) is 11.3 Å². The summed E-state index contributed by atoms with van der Waals surface area (Å²) < 4.78 is 68.3. The van der Waals surface area contributed by atoms with Crippen LogP contribution < -0.4 is 27.8 Å². The second-order valence-corrected chi connectivity index (χ2v) is 13.6. The maximum atomic E-state index is 13.5. The van der Waals surface area contributed by atoms with E-state index in [0.717, 1.165) is 33.9 Å². The molecule has 4 aromatic rings. The summed E-state index contributed by atoms with van der Waals surface area (Å²) in [6, 6.07) is 16.4. The van der Waals surface area contributed by atoms with Crippen LogP contribution in [0.1, 0.15) is 42.7 Å². The van der Waals surface area contributed by atoms with Crippen LogP contribution in [0.25, 0.3) is 15.9 Å². The van der Waals surface area contributed by atoms with Crippen molar-refractivity contribution in [2.45, 2.75) is 63.5 Å². The van der Waals surface area contributed by atoms with E-state index in [9.17, 15) is 27.6 Å². The largest absolute Gasteiger partial charge is 0.463 e. The number of carbonyl (C=O) groups excluding carboxylic acids is 3. The van der Waals surface area contributed by atoms with Crippen LogP contribution in [-0.4, -0.2) is 80.1 Å². The first kappa shape index (κ1) is 43.6. The number of nitrogens with two attached hydrogens (primary N) is 3. The third kappa shape index (κ3) is 11.0. The zero-order chi connectivity index (χ0) is 41.0. The van der Waals surface area contributed by atoms with Gasteiger partial charge < -0.3 is 45.3 Å². The summed E-state index contributed by atoms with van der Waals surface area (Å²) in [5.74, 6) is -5.93. The van der Waals surface area contributed by atoms with Gasteiger partial charge in [0.15, 0.2) is 23.7 Å². The van der Waals surface area contributed by atoms with Crippen molar-refractivity contribution in [2.75, 3.05) is 32.6 Å². The lowest BCUT2D eigenvalue weighted by molar-refractivity contribution is -0.290. The fourth-order valence-electron chi connectivity index (χ4n) is 5.55. The Morgan fingerprint density at radius 2 is 1.66 bits per heavy atom. The lowest BCUT2D eigenvalue weighted by Gasteiger charge is -2.45. The van der Waals surface area contributed by atoms with Crippen LogP contribution in [0.15, 0.2) is 66.9 Å². The topological polar surface area (TPSA) is 212 Å². The third-order valence-corrected chi connectivity index (χ3v) is 9.33. The number of hydrogen-bond donors (Lipinski definition) is 5. The average Bonchev–Trinajstić information content (AvgIpc) is 3.57. The van der Waals surface area contributed by atoms with E-state index in [-0.39, 0.29) is 31.1 Å². The highest BCUT2D eigenvalue weighted by atomic mass is 32.1. The molecule has 6 rings (SSSR count). The second kappa shape index (κ2) is 20.2. The molecule has 8 N–H and O–H groups in total. The molecular formula is C38H45F3N6O8S. The van der Waals surface area contributed by atoms with E-state index in [2.05, 4.69) is 25.1 Å². The van der Waals surface area contributed by atoms with Crippen LogP contribution in [0.3, 0.4) is 0 Å². The first-order valence-electron chi connectivity index (χ1n) is 17.5. The summed E-state index contributed by atoms with van der Waals surface area (Å²) in [7, 11) is 1.38. The van der Waals surface area contributed by atoms with Gasteiger partial charge in [0.2, 0.25) is 0 Å². The number of rotatable bonds is 10. The third-order valence-electron chi connectivity index (χ3n) is 8.39. The molecule has 2 aliphatic heterocycles. The summed E-state index contributed by atoms with van der Waals surface area (Å²) in [6.45, 7) is 5.77. The molecule has 1 aromatic heterocycles. The number of halogens is 3. The Bertz CT molecular complexity index is 1950. The molecule has 3 aromatic carbocycles. The molecule has 56 heavy (non-hydrogen) atoms. The number of esters is 2. The SMILES string of the molecule is CCOC(=O)C(N)(NC)C(=O)OCC.Cc1nc2ccc(N)cc2s1.N/C(=C\NC1CC(C=O)OC2COC(c3ccccc3)OC12)c1cc(F)c(F)c(F)c1. The summed E-state index contributed by atoms with van der Waals surface area (Å²) in [6.07, 6.45) is 0.114. The van der Waals surface area contributed by atoms with Gasteiger partial charge in [0.05, 0.1) is 46.8 Å². The Morgan fingerprint density at radius 3 is 2.25 bits per heavy atom. The first-order chi connectivity index (χ1) is 26.7. The molecule has 3 heterocycles. The second-order valence-electron chi connectivity index (χ2n) is 12.3. The van der Waals surface area contributed by atoms with Crippen molar-refractivity contribution >= 4 is 51.2 Å². The molecule has 0 bridgehead atoms. The standard InChI is InChI=1S/C22H21F3N2O4.C8H16N2O4.C8H8N2S/c23-15-6-13(7-16(24)20(15)25)17(26)9-27-18-8-14(10-28)30-19-11-29-22(31-21(18)19)12-4-2-1-3-5-12;1-4-13-6(11)8(9,10-3)7(12)14-5-2;1-5-10-7-3-2-6(9)4-8(7)11-5/h1-7,9-10,14,18-19,21-22,27H,8,11,26H2;10H,4-5,9H2,1-3H3;2-4H,9H2,1H3/b17-9-;;. The van der Waals surface area contributed by atoms with Crippen molar-refractivity contribution in [1.82, 2.24) is 15.6 Å². The Balaban J connectivity index is 0.000000228. The van der Waals surface area contributed by atoms with Crippen molar-refractivity contribution in [1.29, 1.82) is 0 Å². The van der Waals surface area contributed by atoms with Gasteiger partial charge in [0, 0.05) is 29.4 Å². The van der Waals surface area contributed by atoms with Crippen LogP contribution in [-0.2, 0) is 38.1 Å². The number of aromatic nitrogens is 1. The summed E-state index contributed by atoms with van der Waals surface area (Å²) in [5.41, 5.74) is 17.8. The fraction of sp³-hybridized carbons (Fsp3) is 0.368. The minimum atomic E-state index is -1.91. The summed E-state index contributed by atoms with van der Waals surface area (Å²) >= 11 is 1.68. The number of hydrogen-bond acceptors (Lipinski definition) is 15. The monoisotopic (exact) mass is 802 g/mol. The van der Waals surface area contributed by atoms with Crippen LogP contribution in [0.2, 0.25) is 0 Å². The van der Waals surface area contributed by atoms with Gasteiger partial charge in [-0.2, -0.15) is 0 Å². The van der Waals surface area contributed by atoms with Crippen molar-refractivity contribution in [2.24, 2.45) is 11.5 Å². The van der Waals surface area contributed by atoms with Crippen LogP contribution in [0.4, 0.5) is 18.9 Å². The van der Waals surface area contributed by atoms with E-state index in [4.69, 9.17) is 31.4 Å². The van der Waals surface area contributed by atoms with Gasteiger partial charge >= 0.3 is 11.9 Å². The molecular weight excluding hydrogens is 758 g/mol. The minimum absolute atomic E-state index is 0.00448. The number of nitrogens with one attached hydrogen (secondary N) is 2. The number of likely N-dealkylation sites (N-methyl/N-ethyl adjacent to an activating group) is 1. The predicted octanol–water partition coefficient (Wildman–Crippen LogP) is 3.96. The number of nitrogens with zero attached hydrogens (tertiary/aromatic N) is 1. The number of aryl methyl sites for hydroxylation is 1. The number of nitrogen functional groups attached to an aromatic ring is 1. The minimum Gasteiger partial charge on any atom is -0.463 e. The molecule has 5 atom stereocenters. The number of fused-ring (bicyclic) bond motifs is 2. The number of thiazole rings is 1. The fourth-order valence-corrected chi connectivity index (χ4v) is 6.43. The molecule has 2 saturated heterocycles. The number of anilines is 1. The van der Waals surface area contributed by atoms with E-state index >= 15 is 0 Å². The highest BCUT2D eigenvalue weighted by Crippen LogP contribution is 2.34. The maximum Gasteiger partial charge on any atom is 0.353 e. The van der Waals surface area contributed by atoms with Gasteiger partial charge in [-0.3, -0.25) is 11.1 Å². The number of aldehydes is 1. The van der Waals surface area contributed by atoms with Gasteiger partial charge in [0.25, 0.3) is 5.66 Å². The van der Waals surface area contributed by atoms with E-state index in [1.54, 1.807) is 25.2 Å². The molecule has 0 aliphatic carbocycles. The average molecular weight is 803 g/mol. The Kier molecular flexibility index (Phi) is 15.7. The highest BCUT2D eigenvalue weighted by Gasteiger charge is 2.45. The van der Waals surface area contributed by atoms with E-state index < -0.39 is 65.7 Å². The molecule has 2 fully saturated rings. The van der Waals surface area contributed by atoms with E-state index in [1.165, 1.54) is 17.9 Å². The van der Waals surface area contributed by atoms with Crippen LogP contribution >= 0.6 is 11.3 Å². The van der Waals surface area contributed by atoms with Crippen molar-refractivity contribution in [3.8, 4) is 0 Å². The molecule has 0 spiro atoms. The smallest absolute Gasteiger partial charge is 0.353 e. The van der Waals surface area contributed by atoms with Gasteiger partial charge in [-0.05, 0) is 58.2 Å². The Hall–Kier alpha value is -5.11. The molecule has 2 aliphatic rings. The lowest BCUT2D eigenvalue weighted by Crippen LogP contribution is -2.65. The van der Waals surface area contributed by atoms with Crippen LogP contribution in [0.5, 0.6) is 0 Å². The predicted molar refractivity (Wildman–Crippen MR) is 203 cm³/mol. The van der Waals surface area contributed by atoms with Crippen molar-refractivity contribution in [3.05, 3.63) is 100 Å². The normalized spacial score (nSPS) is 20.6. The van der Waals surface area contributed by atoms with E-state index in [1.807, 2.05) is 55.5 Å². The summed E-state index contributed by atoms with van der Waals surface area (Å²) in [4.78, 5) is 38.3. The number of ether oxygens (including phenoxy) is 5. The number of carbonyl (C=O) groups is 3. The molecule has 302 valence electrons. The Labute approximate surface area is 325 Å². The molecule has 5 unspecified atom stereocenters. The van der Waals surface area contributed by atoms with Crippen molar-refractivity contribution < 1.29 is 51.2 Å². The van der Waals surface area contributed by atoms with E-state index in [0.29, 0.717) is 12.7 Å². The van der Waals surface area contributed by atoms with Crippen LogP contribution in [0, 0.1) is 24.4 Å². The first-order valence-corrected chi connectivity index (χ1v) is 18.3. The van der Waals surface area contributed by atoms with Gasteiger partial charge in [0.1, 0.15) is 24.6 Å². The Morgan fingerprint density at radius 1 is 1.02 bits per heavy atom. The number of benzene rings is 3. The van der Waals surface area contributed by atoms with Crippen molar-refractivity contribution in [3.63, 3.8) is 0 Å². The molecule has 0 radical (unpaired) electrons. The molecule has 0 amide bonds. The quantitative estimate of drug-likeness (QED) is 0.0384. The van der Waals surface area contributed by atoms with Gasteiger partial charge in [-0.25, -0.2) is 27.7 Å². The molecule has 0 saturated carbocycles. The zero-order valence-corrected chi connectivity index (χ0v) is 31.9. The van der Waals surface area contributed by atoms with Gasteiger partial charge in [-0.1, -0.05) is 30.3 Å². The lowest BCUT2D eigenvalue weighted by atomic mass is 9.94.